The number of benzene rings is 2. The van der Waals surface area contributed by atoms with Crippen LogP contribution in [-0.4, -0.2) is 48.7 Å². The first-order valence-corrected chi connectivity index (χ1v) is 16.1. The van der Waals surface area contributed by atoms with Gasteiger partial charge in [0, 0.05) is 11.3 Å². The number of carbonyl (C=O) groups is 2. The highest BCUT2D eigenvalue weighted by Gasteiger charge is 2.14. The number of aryl methyl sites for hydroxylation is 3. The molecule has 2 aromatic heterocycles. The summed E-state index contributed by atoms with van der Waals surface area (Å²) in [7, 11) is 0. The Labute approximate surface area is 251 Å². The third-order valence-corrected chi connectivity index (χ3v) is 9.24. The number of aliphatic hydroxyl groups is 2. The van der Waals surface area contributed by atoms with Crippen LogP contribution in [0.1, 0.15) is 44.8 Å². The van der Waals surface area contributed by atoms with E-state index in [0.717, 1.165) is 63.7 Å². The molecule has 0 bridgehead atoms. The van der Waals surface area contributed by atoms with Gasteiger partial charge in [-0.05, 0) is 46.6 Å². The smallest absolute Gasteiger partial charge is 0.230 e. The molecule has 0 saturated heterocycles. The van der Waals surface area contributed by atoms with Crippen LogP contribution in [0.4, 0.5) is 10.3 Å². The number of hydrogen-bond donors (Lipinski definition) is 4. The van der Waals surface area contributed by atoms with Crippen LogP contribution in [0.2, 0.25) is 0 Å². The van der Waals surface area contributed by atoms with Gasteiger partial charge in [0.05, 0.1) is 31.7 Å². The molecule has 9 nitrogen and oxygen atoms in total. The maximum Gasteiger partial charge on any atom is 0.230 e. The van der Waals surface area contributed by atoms with Crippen LogP contribution >= 0.6 is 34.4 Å². The Morgan fingerprint density at radius 2 is 1.34 bits per heavy atom. The number of thiazole rings is 1. The highest BCUT2D eigenvalue weighted by atomic mass is 32.2. The third kappa shape index (κ3) is 9.17. The van der Waals surface area contributed by atoms with E-state index in [1.165, 1.54) is 27.6 Å². The molecule has 0 fully saturated rings. The van der Waals surface area contributed by atoms with E-state index in [1.807, 2.05) is 54.2 Å². The lowest BCUT2D eigenvalue weighted by molar-refractivity contribution is -0.116. The molecule has 0 unspecified atom stereocenters. The fourth-order valence-corrected chi connectivity index (χ4v) is 7.15. The molecule has 0 spiro atoms. The van der Waals surface area contributed by atoms with Gasteiger partial charge in [-0.25, -0.2) is 4.98 Å². The van der Waals surface area contributed by atoms with E-state index < -0.39 is 0 Å². The lowest BCUT2D eigenvalue weighted by Crippen LogP contribution is -2.15. The van der Waals surface area contributed by atoms with Crippen LogP contribution in [0.3, 0.4) is 0 Å². The van der Waals surface area contributed by atoms with Crippen molar-refractivity contribution in [2.24, 2.45) is 0 Å². The predicted octanol–water partition coefficient (Wildman–Crippen LogP) is 4.42. The zero-order valence-corrected chi connectivity index (χ0v) is 25.2. The molecule has 4 aromatic rings. The van der Waals surface area contributed by atoms with E-state index in [1.54, 1.807) is 6.07 Å². The SMILES string of the molecule is CCc1nc(NC(=O)Cc2ccccc2CO)sc1CCSCCc1nnc(NC(=O)Cc2ccccc2CO)s1. The molecule has 0 aliphatic heterocycles. The van der Waals surface area contributed by atoms with E-state index in [4.69, 9.17) is 0 Å². The van der Waals surface area contributed by atoms with E-state index in [9.17, 15) is 19.8 Å². The molecule has 2 heterocycles. The molecule has 2 aromatic carbocycles. The van der Waals surface area contributed by atoms with E-state index >= 15 is 0 Å². The molecule has 0 radical (unpaired) electrons. The second-order valence-corrected chi connectivity index (χ2v) is 12.5. The van der Waals surface area contributed by atoms with Crippen molar-refractivity contribution >= 4 is 56.5 Å². The number of thioether (sulfide) groups is 1. The summed E-state index contributed by atoms with van der Waals surface area (Å²) in [6.45, 7) is 1.86. The summed E-state index contributed by atoms with van der Waals surface area (Å²) in [6.07, 6.45) is 2.77. The topological polar surface area (TPSA) is 137 Å². The highest BCUT2D eigenvalue weighted by molar-refractivity contribution is 7.99. The number of anilines is 2. The fraction of sp³-hybridized carbons (Fsp3) is 0.345. The first kappa shape index (κ1) is 30.8. The van der Waals surface area contributed by atoms with E-state index in [0.29, 0.717) is 10.3 Å². The lowest BCUT2D eigenvalue weighted by Gasteiger charge is -2.06. The average molecular weight is 612 g/mol. The van der Waals surface area contributed by atoms with Crippen LogP contribution in [0.5, 0.6) is 0 Å². The van der Waals surface area contributed by atoms with Gasteiger partial charge in [0.1, 0.15) is 5.01 Å². The van der Waals surface area contributed by atoms with Crippen LogP contribution in [0.25, 0.3) is 0 Å². The van der Waals surface area contributed by atoms with Gasteiger partial charge in [0.15, 0.2) is 5.13 Å². The van der Waals surface area contributed by atoms with Crippen molar-refractivity contribution in [2.75, 3.05) is 22.1 Å². The van der Waals surface area contributed by atoms with E-state index in [-0.39, 0.29) is 37.9 Å². The quantitative estimate of drug-likeness (QED) is 0.145. The number of aliphatic hydroxyl groups excluding tert-OH is 2. The molecule has 0 aliphatic carbocycles. The molecular formula is C29H33N5O4S3. The Kier molecular flexibility index (Phi) is 11.8. The van der Waals surface area contributed by atoms with Gasteiger partial charge in [-0.2, -0.15) is 11.8 Å². The summed E-state index contributed by atoms with van der Waals surface area (Å²) in [5.41, 5.74) is 4.10. The Morgan fingerprint density at radius 3 is 1.93 bits per heavy atom. The standard InChI is InChI=1S/C29H33N5O4S3/c1-2-23-24(40-28(30-23)31-25(37)15-19-7-3-5-9-21(19)17-35)11-13-39-14-12-27-33-34-29(41-27)32-26(38)16-20-8-4-6-10-22(20)18-36/h3-10,35-36H,2,11-18H2,1H3,(H,30,31,37)(H,32,34,38). The fourth-order valence-electron chi connectivity index (χ4n) is 4.18. The maximum atomic E-state index is 12.6. The molecule has 4 N–H and O–H groups in total. The maximum absolute atomic E-state index is 12.6. The molecule has 0 saturated carbocycles. The van der Waals surface area contributed by atoms with Crippen molar-refractivity contribution in [1.82, 2.24) is 15.2 Å². The Hall–Kier alpha value is -3.16. The summed E-state index contributed by atoms with van der Waals surface area (Å²) in [5.74, 6) is 1.45. The van der Waals surface area contributed by atoms with Gasteiger partial charge in [-0.3, -0.25) is 9.59 Å². The molecular weight excluding hydrogens is 579 g/mol. The number of hydrogen-bond acceptors (Lipinski definition) is 10. The summed E-state index contributed by atoms with van der Waals surface area (Å²) in [5, 5.41) is 34.9. The van der Waals surface area contributed by atoms with Crippen molar-refractivity contribution in [1.29, 1.82) is 0 Å². The summed E-state index contributed by atoms with van der Waals surface area (Å²) < 4.78 is 0. The van der Waals surface area contributed by atoms with Crippen LogP contribution in [0, 0.1) is 0 Å². The number of rotatable bonds is 15. The number of nitrogens with one attached hydrogen (secondary N) is 2. The molecule has 41 heavy (non-hydrogen) atoms. The van der Waals surface area contributed by atoms with Gasteiger partial charge in [0.2, 0.25) is 16.9 Å². The monoisotopic (exact) mass is 611 g/mol. The minimum Gasteiger partial charge on any atom is -0.392 e. The first-order chi connectivity index (χ1) is 20.0. The molecule has 2 amide bonds. The van der Waals surface area contributed by atoms with Gasteiger partial charge in [0.25, 0.3) is 0 Å². The Balaban J connectivity index is 1.19. The second kappa shape index (κ2) is 15.7. The van der Waals surface area contributed by atoms with Gasteiger partial charge in [-0.15, -0.1) is 21.5 Å². The highest BCUT2D eigenvalue weighted by Crippen LogP contribution is 2.26. The lowest BCUT2D eigenvalue weighted by atomic mass is 10.1. The number of nitrogens with zero attached hydrogens (tertiary/aromatic N) is 3. The third-order valence-electron chi connectivity index (χ3n) is 6.29. The van der Waals surface area contributed by atoms with Gasteiger partial charge >= 0.3 is 0 Å². The second-order valence-electron chi connectivity index (χ2n) is 9.16. The van der Waals surface area contributed by atoms with Crippen molar-refractivity contribution in [2.45, 2.75) is 52.2 Å². The number of carbonyl (C=O) groups excluding carboxylic acids is 2. The van der Waals surface area contributed by atoms with Crippen molar-refractivity contribution in [3.8, 4) is 0 Å². The molecule has 0 aliphatic rings. The molecule has 216 valence electrons. The van der Waals surface area contributed by atoms with Crippen molar-refractivity contribution in [3.63, 3.8) is 0 Å². The minimum absolute atomic E-state index is 0.0964. The molecule has 4 rings (SSSR count). The van der Waals surface area contributed by atoms with Crippen LogP contribution < -0.4 is 10.6 Å². The zero-order chi connectivity index (χ0) is 29.0. The summed E-state index contributed by atoms with van der Waals surface area (Å²) in [6, 6.07) is 14.7. The minimum atomic E-state index is -0.190. The zero-order valence-electron chi connectivity index (χ0n) is 22.8. The normalized spacial score (nSPS) is 11.0. The Bertz CT molecular complexity index is 1460. The van der Waals surface area contributed by atoms with Gasteiger partial charge < -0.3 is 20.8 Å². The largest absolute Gasteiger partial charge is 0.392 e. The number of aromatic nitrogens is 3. The van der Waals surface area contributed by atoms with Crippen LogP contribution in [0.15, 0.2) is 48.5 Å². The predicted molar refractivity (Wildman–Crippen MR) is 166 cm³/mol. The Morgan fingerprint density at radius 1 is 0.780 bits per heavy atom. The van der Waals surface area contributed by atoms with E-state index in [2.05, 4.69) is 32.7 Å². The van der Waals surface area contributed by atoms with Gasteiger partial charge in [-0.1, -0.05) is 66.8 Å². The summed E-state index contributed by atoms with van der Waals surface area (Å²) in [4.78, 5) is 30.8. The van der Waals surface area contributed by atoms with Crippen LogP contribution in [-0.2, 0) is 54.9 Å². The molecule has 12 heteroatoms. The molecule has 0 atom stereocenters. The van der Waals surface area contributed by atoms with Crippen molar-refractivity contribution in [3.05, 3.63) is 86.4 Å². The number of amides is 2. The summed E-state index contributed by atoms with van der Waals surface area (Å²) >= 11 is 4.71. The average Bonchev–Trinajstić information content (AvgIpc) is 3.59. The first-order valence-electron chi connectivity index (χ1n) is 13.3. The van der Waals surface area contributed by atoms with Crippen molar-refractivity contribution < 1.29 is 19.8 Å².